The van der Waals surface area contributed by atoms with Gasteiger partial charge in [0.2, 0.25) is 0 Å². The molecule has 3 nitrogen and oxygen atoms in total. The molecule has 0 atom stereocenters. The van der Waals surface area contributed by atoms with E-state index in [1.54, 1.807) is 0 Å². The molecule has 0 unspecified atom stereocenters. The molecule has 0 spiro atoms. The van der Waals surface area contributed by atoms with Crippen LogP contribution in [0.5, 0.6) is 0 Å². The molecule has 1 N–H and O–H groups in total. The fraction of sp³-hybridized carbons (Fsp3) is 0.643. The molecule has 2 aliphatic rings. The predicted molar refractivity (Wildman–Crippen MR) is 70.3 cm³/mol. The second-order valence-electron chi connectivity index (χ2n) is 5.45. The number of nitrogens with zero attached hydrogens (tertiary/aromatic N) is 2. The van der Waals surface area contributed by atoms with Crippen LogP contribution in [0.4, 0.5) is 5.69 Å². The summed E-state index contributed by atoms with van der Waals surface area (Å²) in [5.74, 6) is 0. The van der Waals surface area contributed by atoms with E-state index in [-0.39, 0.29) is 0 Å². The van der Waals surface area contributed by atoms with Gasteiger partial charge in [-0.1, -0.05) is 0 Å². The van der Waals surface area contributed by atoms with Crippen molar-refractivity contribution in [1.82, 2.24) is 10.3 Å². The highest BCUT2D eigenvalue weighted by molar-refractivity contribution is 5.54. The molecule has 17 heavy (non-hydrogen) atoms. The molecule has 2 aliphatic carbocycles. The highest BCUT2D eigenvalue weighted by Crippen LogP contribution is 2.32. The average molecular weight is 231 g/mol. The van der Waals surface area contributed by atoms with Gasteiger partial charge in [-0.2, -0.15) is 0 Å². The van der Waals surface area contributed by atoms with E-state index in [9.17, 15) is 0 Å². The van der Waals surface area contributed by atoms with Gasteiger partial charge in [0.1, 0.15) is 0 Å². The highest BCUT2D eigenvalue weighted by atomic mass is 15.2. The van der Waals surface area contributed by atoms with E-state index in [4.69, 9.17) is 0 Å². The Kier molecular flexibility index (Phi) is 2.79. The third kappa shape index (κ3) is 2.60. The molecular weight excluding hydrogens is 210 g/mol. The molecule has 0 radical (unpaired) electrons. The molecule has 0 aliphatic heterocycles. The quantitative estimate of drug-likeness (QED) is 0.842. The van der Waals surface area contributed by atoms with Gasteiger partial charge in [-0.3, -0.25) is 4.98 Å². The molecule has 3 heteroatoms. The second-order valence-corrected chi connectivity index (χ2v) is 5.45. The standard InChI is InChI=1S/C14H21N3/c1-10-7-14(17(2)13-5-6-13)11(8-15-10)9-16-12-3-4-12/h7-8,12-13,16H,3-6,9H2,1-2H3. The Morgan fingerprint density at radius 1 is 1.35 bits per heavy atom. The first-order valence-electron chi connectivity index (χ1n) is 6.66. The summed E-state index contributed by atoms with van der Waals surface area (Å²) in [5, 5.41) is 3.58. The summed E-state index contributed by atoms with van der Waals surface area (Å²) in [6.45, 7) is 3.03. The van der Waals surface area contributed by atoms with Gasteiger partial charge >= 0.3 is 0 Å². The van der Waals surface area contributed by atoms with Gasteiger partial charge in [0, 0.05) is 48.8 Å². The van der Waals surface area contributed by atoms with Gasteiger partial charge in [-0.15, -0.1) is 0 Å². The van der Waals surface area contributed by atoms with E-state index >= 15 is 0 Å². The lowest BCUT2D eigenvalue weighted by Gasteiger charge is -2.22. The number of nitrogens with one attached hydrogen (secondary N) is 1. The van der Waals surface area contributed by atoms with Gasteiger partial charge < -0.3 is 10.2 Å². The van der Waals surface area contributed by atoms with Crippen molar-refractivity contribution < 1.29 is 0 Å². The lowest BCUT2D eigenvalue weighted by Crippen LogP contribution is -2.24. The first-order chi connectivity index (χ1) is 8.24. The van der Waals surface area contributed by atoms with Crippen LogP contribution in [0.25, 0.3) is 0 Å². The molecule has 0 aromatic carbocycles. The van der Waals surface area contributed by atoms with Crippen LogP contribution in [-0.4, -0.2) is 24.1 Å². The van der Waals surface area contributed by atoms with Crippen molar-refractivity contribution in [3.8, 4) is 0 Å². The number of anilines is 1. The Morgan fingerprint density at radius 2 is 2.12 bits per heavy atom. The fourth-order valence-corrected chi connectivity index (χ4v) is 2.24. The summed E-state index contributed by atoms with van der Waals surface area (Å²) in [6, 6.07) is 3.74. The lowest BCUT2D eigenvalue weighted by molar-refractivity contribution is 0.683. The molecule has 3 rings (SSSR count). The summed E-state index contributed by atoms with van der Waals surface area (Å²) < 4.78 is 0. The van der Waals surface area contributed by atoms with E-state index in [0.29, 0.717) is 0 Å². The Balaban J connectivity index is 1.78. The summed E-state index contributed by atoms with van der Waals surface area (Å²) >= 11 is 0. The van der Waals surface area contributed by atoms with Crippen LogP contribution in [0.3, 0.4) is 0 Å². The zero-order valence-electron chi connectivity index (χ0n) is 10.7. The summed E-state index contributed by atoms with van der Waals surface area (Å²) in [4.78, 5) is 6.86. The van der Waals surface area contributed by atoms with E-state index in [2.05, 4.69) is 35.2 Å². The van der Waals surface area contributed by atoms with Crippen LogP contribution < -0.4 is 10.2 Å². The Morgan fingerprint density at radius 3 is 2.76 bits per heavy atom. The van der Waals surface area contributed by atoms with Crippen LogP contribution in [0.1, 0.15) is 36.9 Å². The first kappa shape index (κ1) is 11.0. The SMILES string of the molecule is Cc1cc(N(C)C2CC2)c(CNC2CC2)cn1. The van der Waals surface area contributed by atoms with Crippen molar-refractivity contribution in [2.24, 2.45) is 0 Å². The molecule has 2 saturated carbocycles. The number of pyridine rings is 1. The third-order valence-electron chi connectivity index (χ3n) is 3.73. The van der Waals surface area contributed by atoms with Crippen LogP contribution in [0.15, 0.2) is 12.3 Å². The molecule has 0 amide bonds. The van der Waals surface area contributed by atoms with E-state index in [1.807, 2.05) is 6.20 Å². The largest absolute Gasteiger partial charge is 0.371 e. The first-order valence-corrected chi connectivity index (χ1v) is 6.66. The number of hydrogen-bond acceptors (Lipinski definition) is 3. The van der Waals surface area contributed by atoms with Crippen LogP contribution in [-0.2, 0) is 6.54 Å². The van der Waals surface area contributed by atoms with E-state index in [0.717, 1.165) is 24.3 Å². The molecule has 0 bridgehead atoms. The average Bonchev–Trinajstić information content (AvgIpc) is 3.16. The van der Waals surface area contributed by atoms with Crippen molar-refractivity contribution in [2.75, 3.05) is 11.9 Å². The van der Waals surface area contributed by atoms with Gasteiger partial charge in [0.05, 0.1) is 0 Å². The Bertz CT molecular complexity index is 408. The van der Waals surface area contributed by atoms with Crippen LogP contribution in [0.2, 0.25) is 0 Å². The Labute approximate surface area is 103 Å². The summed E-state index contributed by atoms with van der Waals surface area (Å²) in [7, 11) is 2.22. The van der Waals surface area contributed by atoms with Crippen molar-refractivity contribution in [3.05, 3.63) is 23.5 Å². The maximum absolute atomic E-state index is 4.43. The number of aromatic nitrogens is 1. The van der Waals surface area contributed by atoms with E-state index < -0.39 is 0 Å². The van der Waals surface area contributed by atoms with Gasteiger partial charge in [0.25, 0.3) is 0 Å². The van der Waals surface area contributed by atoms with E-state index in [1.165, 1.54) is 36.9 Å². The van der Waals surface area contributed by atoms with Crippen LogP contribution >= 0.6 is 0 Å². The Hall–Kier alpha value is -1.09. The number of rotatable bonds is 5. The second kappa shape index (κ2) is 4.30. The smallest absolute Gasteiger partial charge is 0.0445 e. The maximum atomic E-state index is 4.43. The molecule has 1 aromatic rings. The van der Waals surface area contributed by atoms with Gasteiger partial charge in [0.15, 0.2) is 0 Å². The maximum Gasteiger partial charge on any atom is 0.0445 e. The molecule has 1 heterocycles. The molecular formula is C14H21N3. The lowest BCUT2D eigenvalue weighted by atomic mass is 10.2. The molecule has 1 aromatic heterocycles. The molecule has 2 fully saturated rings. The minimum atomic E-state index is 0.760. The summed E-state index contributed by atoms with van der Waals surface area (Å²) in [6.07, 6.45) is 7.40. The van der Waals surface area contributed by atoms with Crippen molar-refractivity contribution >= 4 is 5.69 Å². The monoisotopic (exact) mass is 231 g/mol. The van der Waals surface area contributed by atoms with Gasteiger partial charge in [-0.05, 0) is 38.7 Å². The zero-order chi connectivity index (χ0) is 11.8. The third-order valence-corrected chi connectivity index (χ3v) is 3.73. The van der Waals surface area contributed by atoms with Crippen molar-refractivity contribution in [3.63, 3.8) is 0 Å². The van der Waals surface area contributed by atoms with Gasteiger partial charge in [-0.25, -0.2) is 0 Å². The fourth-order valence-electron chi connectivity index (χ4n) is 2.24. The normalized spacial score (nSPS) is 19.4. The number of aryl methyl sites for hydroxylation is 1. The summed E-state index contributed by atoms with van der Waals surface area (Å²) in [5.41, 5.74) is 3.83. The minimum absolute atomic E-state index is 0.760. The van der Waals surface area contributed by atoms with Crippen molar-refractivity contribution in [2.45, 2.75) is 51.2 Å². The zero-order valence-corrected chi connectivity index (χ0v) is 10.7. The molecule has 92 valence electrons. The molecule has 0 saturated heterocycles. The predicted octanol–water partition coefficient (Wildman–Crippen LogP) is 2.24. The van der Waals surface area contributed by atoms with Crippen molar-refractivity contribution in [1.29, 1.82) is 0 Å². The topological polar surface area (TPSA) is 28.2 Å². The van der Waals surface area contributed by atoms with Crippen LogP contribution in [0, 0.1) is 6.92 Å². The highest BCUT2D eigenvalue weighted by Gasteiger charge is 2.28. The number of hydrogen-bond donors (Lipinski definition) is 1. The minimum Gasteiger partial charge on any atom is -0.371 e.